The average molecular weight is 459 g/mol. The number of aromatic nitrogens is 1. The minimum Gasteiger partial charge on any atom is -0.357 e. The second-order valence-electron chi connectivity index (χ2n) is 7.23. The maximum Gasteiger partial charge on any atom is 0.191 e. The Hall–Kier alpha value is -1.05. The number of hydrogen-bond donors (Lipinski definition) is 2. The van der Waals surface area contributed by atoms with Crippen LogP contribution in [-0.2, 0) is 6.54 Å². The van der Waals surface area contributed by atoms with Crippen LogP contribution < -0.4 is 15.5 Å². The summed E-state index contributed by atoms with van der Waals surface area (Å²) in [7, 11) is 1.81. The molecule has 0 aromatic carbocycles. The number of nitrogens with zero attached hydrogens (tertiary/aromatic N) is 3. The Morgan fingerprint density at radius 2 is 2.00 bits per heavy atom. The van der Waals surface area contributed by atoms with E-state index in [0.717, 1.165) is 50.3 Å². The highest BCUT2D eigenvalue weighted by atomic mass is 127. The SMILES string of the molecule is CN=C(NCCC(C)C)NCc1ccc(N2CCC(C)CC2)nc1.I. The Kier molecular flexibility index (Phi) is 10.2. The van der Waals surface area contributed by atoms with Crippen molar-refractivity contribution < 1.29 is 0 Å². The van der Waals surface area contributed by atoms with Crippen LogP contribution in [0.1, 0.15) is 45.6 Å². The number of piperidine rings is 1. The van der Waals surface area contributed by atoms with Gasteiger partial charge >= 0.3 is 0 Å². The highest BCUT2D eigenvalue weighted by Crippen LogP contribution is 2.21. The monoisotopic (exact) mass is 459 g/mol. The van der Waals surface area contributed by atoms with Gasteiger partial charge < -0.3 is 15.5 Å². The molecule has 2 rings (SSSR count). The summed E-state index contributed by atoms with van der Waals surface area (Å²) in [5, 5.41) is 6.70. The Balaban J connectivity index is 0.00000312. The van der Waals surface area contributed by atoms with Gasteiger partial charge in [0.05, 0.1) is 0 Å². The molecule has 142 valence electrons. The molecule has 1 saturated heterocycles. The maximum absolute atomic E-state index is 4.64. The van der Waals surface area contributed by atoms with E-state index in [2.05, 4.69) is 58.4 Å². The summed E-state index contributed by atoms with van der Waals surface area (Å²) < 4.78 is 0. The summed E-state index contributed by atoms with van der Waals surface area (Å²) in [4.78, 5) is 11.3. The van der Waals surface area contributed by atoms with E-state index in [1.165, 1.54) is 18.4 Å². The molecule has 1 aliphatic heterocycles. The minimum absolute atomic E-state index is 0. The Bertz CT molecular complexity index is 507. The molecule has 1 aromatic heterocycles. The van der Waals surface area contributed by atoms with Crippen molar-refractivity contribution in [1.29, 1.82) is 0 Å². The van der Waals surface area contributed by atoms with E-state index in [1.54, 1.807) is 0 Å². The van der Waals surface area contributed by atoms with Crippen molar-refractivity contribution in [3.63, 3.8) is 0 Å². The van der Waals surface area contributed by atoms with Crippen molar-refractivity contribution in [3.05, 3.63) is 23.9 Å². The van der Waals surface area contributed by atoms with Gasteiger partial charge in [-0.05, 0) is 42.7 Å². The normalized spacial score (nSPS) is 15.9. The van der Waals surface area contributed by atoms with Crippen molar-refractivity contribution in [2.45, 2.75) is 46.6 Å². The average Bonchev–Trinajstić information content (AvgIpc) is 2.59. The van der Waals surface area contributed by atoms with Gasteiger partial charge in [0.15, 0.2) is 5.96 Å². The molecule has 0 amide bonds. The quantitative estimate of drug-likeness (QED) is 0.388. The lowest BCUT2D eigenvalue weighted by atomic mass is 9.99. The molecule has 0 unspecified atom stereocenters. The first-order valence-corrected chi connectivity index (χ1v) is 9.23. The van der Waals surface area contributed by atoms with Crippen LogP contribution in [-0.4, -0.2) is 37.6 Å². The van der Waals surface area contributed by atoms with Crippen molar-refractivity contribution in [3.8, 4) is 0 Å². The van der Waals surface area contributed by atoms with Crippen molar-refractivity contribution in [2.24, 2.45) is 16.8 Å². The van der Waals surface area contributed by atoms with Gasteiger partial charge in [-0.2, -0.15) is 0 Å². The fraction of sp³-hybridized carbons (Fsp3) is 0.684. The van der Waals surface area contributed by atoms with Crippen LogP contribution in [0.4, 0.5) is 5.82 Å². The third kappa shape index (κ3) is 7.79. The third-order valence-electron chi connectivity index (χ3n) is 4.61. The van der Waals surface area contributed by atoms with Gasteiger partial charge in [-0.1, -0.05) is 26.8 Å². The molecular formula is C19H34IN5. The molecular weight excluding hydrogens is 425 g/mol. The highest BCUT2D eigenvalue weighted by molar-refractivity contribution is 14.0. The number of pyridine rings is 1. The molecule has 0 bridgehead atoms. The molecule has 0 saturated carbocycles. The van der Waals surface area contributed by atoms with E-state index >= 15 is 0 Å². The van der Waals surface area contributed by atoms with Crippen LogP contribution in [0.15, 0.2) is 23.3 Å². The van der Waals surface area contributed by atoms with Crippen LogP contribution in [0.5, 0.6) is 0 Å². The van der Waals surface area contributed by atoms with E-state index in [-0.39, 0.29) is 24.0 Å². The van der Waals surface area contributed by atoms with E-state index in [1.807, 2.05) is 13.2 Å². The largest absolute Gasteiger partial charge is 0.357 e. The van der Waals surface area contributed by atoms with Gasteiger partial charge in [0.25, 0.3) is 0 Å². The first-order chi connectivity index (χ1) is 11.6. The zero-order valence-corrected chi connectivity index (χ0v) is 18.4. The second kappa shape index (κ2) is 11.5. The molecule has 6 heteroatoms. The lowest BCUT2D eigenvalue weighted by molar-refractivity contribution is 0.436. The molecule has 5 nitrogen and oxygen atoms in total. The summed E-state index contributed by atoms with van der Waals surface area (Å²) in [6, 6.07) is 4.30. The van der Waals surface area contributed by atoms with Gasteiger partial charge in [0, 0.05) is 39.4 Å². The molecule has 1 aliphatic rings. The molecule has 1 aromatic rings. The Labute approximate surface area is 170 Å². The second-order valence-corrected chi connectivity index (χ2v) is 7.23. The Morgan fingerprint density at radius 3 is 2.56 bits per heavy atom. The molecule has 0 atom stereocenters. The number of halogens is 1. The highest BCUT2D eigenvalue weighted by Gasteiger charge is 2.16. The fourth-order valence-corrected chi connectivity index (χ4v) is 2.83. The van der Waals surface area contributed by atoms with E-state index in [0.29, 0.717) is 5.92 Å². The molecule has 0 radical (unpaired) electrons. The van der Waals surface area contributed by atoms with Gasteiger partial charge in [0.1, 0.15) is 5.82 Å². The van der Waals surface area contributed by atoms with Crippen LogP contribution in [0.25, 0.3) is 0 Å². The first-order valence-electron chi connectivity index (χ1n) is 9.23. The number of aliphatic imine (C=N–C) groups is 1. The minimum atomic E-state index is 0. The van der Waals surface area contributed by atoms with Crippen molar-refractivity contribution in [1.82, 2.24) is 15.6 Å². The number of nitrogens with one attached hydrogen (secondary N) is 2. The number of anilines is 1. The molecule has 2 N–H and O–H groups in total. The zero-order chi connectivity index (χ0) is 17.4. The first kappa shape index (κ1) is 22.0. The smallest absolute Gasteiger partial charge is 0.191 e. The number of hydrogen-bond acceptors (Lipinski definition) is 3. The maximum atomic E-state index is 4.64. The third-order valence-corrected chi connectivity index (χ3v) is 4.61. The lowest BCUT2D eigenvalue weighted by Crippen LogP contribution is -2.37. The standard InChI is InChI=1S/C19H33N5.HI/c1-15(2)7-10-21-19(20-4)23-14-17-5-6-18(22-13-17)24-11-8-16(3)9-12-24;/h5-6,13,15-16H,7-12,14H2,1-4H3,(H2,20,21,23);1H. The molecule has 2 heterocycles. The van der Waals surface area contributed by atoms with Crippen molar-refractivity contribution in [2.75, 3.05) is 31.6 Å². The van der Waals surface area contributed by atoms with E-state index in [9.17, 15) is 0 Å². The van der Waals surface area contributed by atoms with Gasteiger partial charge in [-0.3, -0.25) is 4.99 Å². The predicted octanol–water partition coefficient (Wildman–Crippen LogP) is 3.65. The summed E-state index contributed by atoms with van der Waals surface area (Å²) in [5.41, 5.74) is 1.18. The lowest BCUT2D eigenvalue weighted by Gasteiger charge is -2.31. The van der Waals surface area contributed by atoms with Crippen LogP contribution in [0.3, 0.4) is 0 Å². The number of rotatable bonds is 6. The van der Waals surface area contributed by atoms with Gasteiger partial charge in [-0.25, -0.2) is 4.98 Å². The Morgan fingerprint density at radius 1 is 1.28 bits per heavy atom. The summed E-state index contributed by atoms with van der Waals surface area (Å²) in [6.45, 7) is 10.7. The fourth-order valence-electron chi connectivity index (χ4n) is 2.83. The molecule has 1 fully saturated rings. The summed E-state index contributed by atoms with van der Waals surface area (Å²) >= 11 is 0. The van der Waals surface area contributed by atoms with E-state index in [4.69, 9.17) is 0 Å². The topological polar surface area (TPSA) is 52.6 Å². The molecule has 0 aliphatic carbocycles. The van der Waals surface area contributed by atoms with Crippen LogP contribution in [0.2, 0.25) is 0 Å². The summed E-state index contributed by atoms with van der Waals surface area (Å²) in [6.07, 6.45) is 5.65. The summed E-state index contributed by atoms with van der Waals surface area (Å²) in [5.74, 6) is 3.50. The van der Waals surface area contributed by atoms with Gasteiger partial charge in [-0.15, -0.1) is 24.0 Å². The van der Waals surface area contributed by atoms with Crippen molar-refractivity contribution >= 4 is 35.8 Å². The van der Waals surface area contributed by atoms with E-state index < -0.39 is 0 Å². The van der Waals surface area contributed by atoms with Crippen LogP contribution >= 0.6 is 24.0 Å². The van der Waals surface area contributed by atoms with Gasteiger partial charge in [0.2, 0.25) is 0 Å². The zero-order valence-electron chi connectivity index (χ0n) is 16.1. The predicted molar refractivity (Wildman–Crippen MR) is 118 cm³/mol. The van der Waals surface area contributed by atoms with Crippen LogP contribution in [0, 0.1) is 11.8 Å². The number of guanidine groups is 1. The molecule has 25 heavy (non-hydrogen) atoms. The molecule has 0 spiro atoms.